The number of thioether (sulfide) groups is 1. The fourth-order valence-electron chi connectivity index (χ4n) is 2.89. The Labute approximate surface area is 173 Å². The van der Waals surface area contributed by atoms with Gasteiger partial charge in [-0.15, -0.1) is 23.1 Å². The predicted octanol–water partition coefficient (Wildman–Crippen LogP) is 6.62. The molecule has 0 fully saturated rings. The lowest BCUT2D eigenvalue weighted by molar-refractivity contribution is 0.310. The molecule has 0 saturated carbocycles. The van der Waals surface area contributed by atoms with Crippen LogP contribution in [-0.4, -0.2) is 22.3 Å². The zero-order chi connectivity index (χ0) is 19.2. The highest BCUT2D eigenvalue weighted by atomic mass is 32.2. The number of aromatic nitrogens is 2. The molecule has 4 aromatic rings. The number of thiophene rings is 1. The van der Waals surface area contributed by atoms with Crippen molar-refractivity contribution < 1.29 is 4.74 Å². The van der Waals surface area contributed by atoms with Gasteiger partial charge in [-0.2, -0.15) is 0 Å². The third kappa shape index (κ3) is 4.72. The Bertz CT molecular complexity index is 1030. The Morgan fingerprint density at radius 1 is 0.964 bits per heavy atom. The van der Waals surface area contributed by atoms with E-state index < -0.39 is 0 Å². The highest BCUT2D eigenvalue weighted by molar-refractivity contribution is 7.99. The van der Waals surface area contributed by atoms with Gasteiger partial charge in [-0.05, 0) is 49.3 Å². The number of fused-ring (bicyclic) bond motifs is 1. The number of rotatable bonds is 8. The molecule has 0 bridgehead atoms. The van der Waals surface area contributed by atoms with E-state index in [1.165, 1.54) is 16.0 Å². The maximum Gasteiger partial charge on any atom is 0.128 e. The van der Waals surface area contributed by atoms with Crippen molar-refractivity contribution in [2.24, 2.45) is 0 Å². The minimum Gasteiger partial charge on any atom is -0.494 e. The molecule has 0 N–H and O–H groups in total. The zero-order valence-corrected chi connectivity index (χ0v) is 17.4. The summed E-state index contributed by atoms with van der Waals surface area (Å²) in [6.07, 6.45) is 3.81. The SMILES string of the molecule is Cc1ccc(OCCCCSc2ncnc3sc(-c4ccccc4)cc23)cc1. The van der Waals surface area contributed by atoms with Crippen LogP contribution in [0.2, 0.25) is 0 Å². The van der Waals surface area contributed by atoms with Gasteiger partial charge in [0.05, 0.1) is 6.61 Å². The van der Waals surface area contributed by atoms with Crippen LogP contribution in [0.25, 0.3) is 20.7 Å². The molecule has 0 spiro atoms. The van der Waals surface area contributed by atoms with Gasteiger partial charge < -0.3 is 4.74 Å². The van der Waals surface area contributed by atoms with Crippen molar-refractivity contribution in [3.8, 4) is 16.2 Å². The highest BCUT2D eigenvalue weighted by Crippen LogP contribution is 2.36. The van der Waals surface area contributed by atoms with Crippen LogP contribution in [0.15, 0.2) is 72.0 Å². The Kier molecular flexibility index (Phi) is 6.24. The summed E-state index contributed by atoms with van der Waals surface area (Å²) in [6, 6.07) is 20.9. The van der Waals surface area contributed by atoms with Crippen LogP contribution in [-0.2, 0) is 0 Å². The van der Waals surface area contributed by atoms with Crippen LogP contribution >= 0.6 is 23.1 Å². The molecule has 2 aromatic carbocycles. The summed E-state index contributed by atoms with van der Waals surface area (Å²) in [5.74, 6) is 1.97. The predicted molar refractivity (Wildman–Crippen MR) is 119 cm³/mol. The molecular weight excluding hydrogens is 384 g/mol. The van der Waals surface area contributed by atoms with E-state index in [1.54, 1.807) is 29.4 Å². The molecule has 2 aromatic heterocycles. The molecule has 28 heavy (non-hydrogen) atoms. The lowest BCUT2D eigenvalue weighted by Gasteiger charge is -2.06. The van der Waals surface area contributed by atoms with Gasteiger partial charge in [-0.1, -0.05) is 48.0 Å². The van der Waals surface area contributed by atoms with Gasteiger partial charge in [0.1, 0.15) is 21.9 Å². The molecule has 0 radical (unpaired) electrons. The second-order valence-corrected chi connectivity index (χ2v) is 8.71. The lowest BCUT2D eigenvalue weighted by atomic mass is 10.2. The Morgan fingerprint density at radius 2 is 1.79 bits per heavy atom. The summed E-state index contributed by atoms with van der Waals surface area (Å²) in [6.45, 7) is 2.83. The molecule has 0 atom stereocenters. The second-order valence-electron chi connectivity index (χ2n) is 6.59. The molecule has 0 amide bonds. The first-order valence-electron chi connectivity index (χ1n) is 9.42. The number of nitrogens with zero attached hydrogens (tertiary/aromatic N) is 2. The minimum atomic E-state index is 0.749. The van der Waals surface area contributed by atoms with Crippen LogP contribution in [0.1, 0.15) is 18.4 Å². The van der Waals surface area contributed by atoms with Crippen LogP contribution in [0.3, 0.4) is 0 Å². The number of hydrogen-bond donors (Lipinski definition) is 0. The molecule has 0 aliphatic heterocycles. The van der Waals surface area contributed by atoms with Gasteiger partial charge in [0.2, 0.25) is 0 Å². The molecule has 5 heteroatoms. The lowest BCUT2D eigenvalue weighted by Crippen LogP contribution is -1.98. The van der Waals surface area contributed by atoms with Crippen LogP contribution in [0, 0.1) is 6.92 Å². The van der Waals surface area contributed by atoms with Crippen molar-refractivity contribution in [3.05, 3.63) is 72.6 Å². The Balaban J connectivity index is 1.31. The van der Waals surface area contributed by atoms with E-state index in [0.29, 0.717) is 0 Å². The van der Waals surface area contributed by atoms with E-state index in [2.05, 4.69) is 59.4 Å². The molecule has 4 rings (SSSR count). The number of ether oxygens (including phenoxy) is 1. The monoisotopic (exact) mass is 406 g/mol. The van der Waals surface area contributed by atoms with Crippen LogP contribution in [0.4, 0.5) is 0 Å². The van der Waals surface area contributed by atoms with E-state index in [1.807, 2.05) is 18.2 Å². The first-order chi connectivity index (χ1) is 13.8. The van der Waals surface area contributed by atoms with Gasteiger partial charge in [-0.3, -0.25) is 0 Å². The van der Waals surface area contributed by atoms with E-state index >= 15 is 0 Å². The standard InChI is InChI=1S/C23H22N2OS2/c1-17-9-11-19(12-10-17)26-13-5-6-14-27-22-20-15-21(18-7-3-2-4-8-18)28-23(20)25-16-24-22/h2-4,7-12,15-16H,5-6,13-14H2,1H3. The van der Waals surface area contributed by atoms with Crippen LogP contribution < -0.4 is 4.74 Å². The van der Waals surface area contributed by atoms with Crippen molar-refractivity contribution in [2.45, 2.75) is 24.8 Å². The largest absolute Gasteiger partial charge is 0.494 e. The van der Waals surface area contributed by atoms with E-state index in [9.17, 15) is 0 Å². The number of benzene rings is 2. The van der Waals surface area contributed by atoms with Gasteiger partial charge in [0, 0.05) is 10.3 Å². The quantitative estimate of drug-likeness (QED) is 0.187. The highest BCUT2D eigenvalue weighted by Gasteiger charge is 2.10. The van der Waals surface area contributed by atoms with Crippen molar-refractivity contribution in [2.75, 3.05) is 12.4 Å². The summed E-state index contributed by atoms with van der Waals surface area (Å²) in [5, 5.41) is 2.23. The van der Waals surface area contributed by atoms with Crippen molar-refractivity contribution in [1.82, 2.24) is 9.97 Å². The summed E-state index contributed by atoms with van der Waals surface area (Å²) in [7, 11) is 0. The molecule has 0 saturated heterocycles. The molecule has 0 unspecified atom stereocenters. The molecule has 142 valence electrons. The third-order valence-electron chi connectivity index (χ3n) is 4.42. The van der Waals surface area contributed by atoms with E-state index in [-0.39, 0.29) is 0 Å². The van der Waals surface area contributed by atoms with Gasteiger partial charge in [0.25, 0.3) is 0 Å². The molecule has 2 heterocycles. The smallest absolute Gasteiger partial charge is 0.128 e. The summed E-state index contributed by atoms with van der Waals surface area (Å²) >= 11 is 3.53. The fraction of sp³-hybridized carbons (Fsp3) is 0.217. The summed E-state index contributed by atoms with van der Waals surface area (Å²) in [5.41, 5.74) is 2.48. The Hall–Kier alpha value is -2.37. The molecule has 3 nitrogen and oxygen atoms in total. The topological polar surface area (TPSA) is 35.0 Å². The van der Waals surface area contributed by atoms with Crippen molar-refractivity contribution in [1.29, 1.82) is 0 Å². The van der Waals surface area contributed by atoms with Gasteiger partial charge >= 0.3 is 0 Å². The van der Waals surface area contributed by atoms with Gasteiger partial charge in [-0.25, -0.2) is 9.97 Å². The first kappa shape index (κ1) is 19.0. The minimum absolute atomic E-state index is 0.749. The number of aryl methyl sites for hydroxylation is 1. The normalized spacial score (nSPS) is 11.0. The maximum atomic E-state index is 5.80. The first-order valence-corrected chi connectivity index (χ1v) is 11.2. The van der Waals surface area contributed by atoms with Crippen molar-refractivity contribution in [3.63, 3.8) is 0 Å². The van der Waals surface area contributed by atoms with E-state index in [0.717, 1.165) is 46.2 Å². The zero-order valence-electron chi connectivity index (χ0n) is 15.8. The molecule has 0 aliphatic carbocycles. The van der Waals surface area contributed by atoms with Gasteiger partial charge in [0.15, 0.2) is 0 Å². The second kappa shape index (κ2) is 9.22. The fourth-order valence-corrected chi connectivity index (χ4v) is 4.93. The van der Waals surface area contributed by atoms with E-state index in [4.69, 9.17) is 4.74 Å². The average Bonchev–Trinajstić information content (AvgIpc) is 3.18. The number of unbranched alkanes of at least 4 members (excludes halogenated alkanes) is 1. The molecular formula is C23H22N2OS2. The summed E-state index contributed by atoms with van der Waals surface area (Å²) in [4.78, 5) is 11.3. The molecule has 0 aliphatic rings. The number of hydrogen-bond acceptors (Lipinski definition) is 5. The third-order valence-corrected chi connectivity index (χ3v) is 6.60. The Morgan fingerprint density at radius 3 is 2.61 bits per heavy atom. The average molecular weight is 407 g/mol. The summed E-state index contributed by atoms with van der Waals surface area (Å²) < 4.78 is 5.80. The maximum absolute atomic E-state index is 5.80. The van der Waals surface area contributed by atoms with Crippen molar-refractivity contribution >= 4 is 33.3 Å². The van der Waals surface area contributed by atoms with Crippen LogP contribution in [0.5, 0.6) is 5.75 Å².